The first-order chi connectivity index (χ1) is 11.0. The monoisotopic (exact) mass is 315 g/mol. The van der Waals surface area contributed by atoms with Crippen molar-refractivity contribution in [1.29, 1.82) is 0 Å². The molecular formula is C18H21NO4. The molecule has 5 heteroatoms. The molecule has 0 saturated carbocycles. The van der Waals surface area contributed by atoms with E-state index in [1.807, 2.05) is 32.0 Å². The molecule has 0 aliphatic heterocycles. The lowest BCUT2D eigenvalue weighted by molar-refractivity contribution is -0.118. The molecule has 2 aromatic rings. The Morgan fingerprint density at radius 1 is 0.957 bits per heavy atom. The van der Waals surface area contributed by atoms with E-state index in [2.05, 4.69) is 5.32 Å². The van der Waals surface area contributed by atoms with Gasteiger partial charge in [-0.2, -0.15) is 0 Å². The summed E-state index contributed by atoms with van der Waals surface area (Å²) in [5.74, 6) is 1.60. The van der Waals surface area contributed by atoms with Crippen molar-refractivity contribution in [3.63, 3.8) is 0 Å². The topological polar surface area (TPSA) is 56.8 Å². The molecule has 0 atom stereocenters. The van der Waals surface area contributed by atoms with Crippen LogP contribution in [0.4, 0.5) is 5.69 Å². The van der Waals surface area contributed by atoms with Crippen molar-refractivity contribution < 1.29 is 19.0 Å². The summed E-state index contributed by atoms with van der Waals surface area (Å²) in [4.78, 5) is 12.0. The zero-order chi connectivity index (χ0) is 16.8. The van der Waals surface area contributed by atoms with Gasteiger partial charge < -0.3 is 19.5 Å². The molecule has 0 fully saturated rings. The first kappa shape index (κ1) is 16.7. The minimum absolute atomic E-state index is 0.0717. The maximum atomic E-state index is 12.0. The lowest BCUT2D eigenvalue weighted by Gasteiger charge is -2.12. The van der Waals surface area contributed by atoms with Gasteiger partial charge in [0.25, 0.3) is 5.91 Å². The number of aryl methyl sites for hydroxylation is 2. The molecule has 5 nitrogen and oxygen atoms in total. The summed E-state index contributed by atoms with van der Waals surface area (Å²) in [6.07, 6.45) is 0. The molecule has 1 N–H and O–H groups in total. The Bertz CT molecular complexity index is 697. The van der Waals surface area contributed by atoms with Crippen molar-refractivity contribution in [2.45, 2.75) is 13.8 Å². The average Bonchev–Trinajstić information content (AvgIpc) is 2.56. The number of anilines is 1. The van der Waals surface area contributed by atoms with E-state index in [9.17, 15) is 4.79 Å². The van der Waals surface area contributed by atoms with Crippen LogP contribution in [0.2, 0.25) is 0 Å². The first-order valence-electron chi connectivity index (χ1n) is 7.25. The molecule has 0 bridgehead atoms. The standard InChI is InChI=1S/C18H21NO4/c1-12-5-6-15(9-13(12)2)23-11-18(20)19-16-8-7-14(21-3)10-17(16)22-4/h5-10H,11H2,1-4H3,(H,19,20). The number of nitrogens with one attached hydrogen (secondary N) is 1. The Kier molecular flexibility index (Phi) is 5.46. The molecule has 0 saturated heterocycles. The zero-order valence-corrected chi connectivity index (χ0v) is 13.8. The average molecular weight is 315 g/mol. The molecule has 23 heavy (non-hydrogen) atoms. The molecular weight excluding hydrogens is 294 g/mol. The summed E-state index contributed by atoms with van der Waals surface area (Å²) < 4.78 is 15.9. The molecule has 0 radical (unpaired) electrons. The van der Waals surface area contributed by atoms with Gasteiger partial charge in [-0.3, -0.25) is 4.79 Å². The third-order valence-electron chi connectivity index (χ3n) is 3.53. The van der Waals surface area contributed by atoms with Gasteiger partial charge in [-0.15, -0.1) is 0 Å². The summed E-state index contributed by atoms with van der Waals surface area (Å²) in [5.41, 5.74) is 2.88. The van der Waals surface area contributed by atoms with Gasteiger partial charge >= 0.3 is 0 Å². The number of hydrogen-bond acceptors (Lipinski definition) is 4. The maximum Gasteiger partial charge on any atom is 0.262 e. The van der Waals surface area contributed by atoms with E-state index in [4.69, 9.17) is 14.2 Å². The van der Waals surface area contributed by atoms with E-state index in [0.29, 0.717) is 22.9 Å². The number of hydrogen-bond donors (Lipinski definition) is 1. The summed E-state index contributed by atoms with van der Waals surface area (Å²) in [7, 11) is 3.11. The highest BCUT2D eigenvalue weighted by molar-refractivity contribution is 5.93. The van der Waals surface area contributed by atoms with Crippen molar-refractivity contribution >= 4 is 11.6 Å². The highest BCUT2D eigenvalue weighted by atomic mass is 16.5. The molecule has 0 aliphatic carbocycles. The van der Waals surface area contributed by atoms with Crippen molar-refractivity contribution in [2.75, 3.05) is 26.1 Å². The van der Waals surface area contributed by atoms with Crippen LogP contribution in [0.3, 0.4) is 0 Å². The van der Waals surface area contributed by atoms with Crippen LogP contribution in [0.1, 0.15) is 11.1 Å². The number of benzene rings is 2. The quantitative estimate of drug-likeness (QED) is 0.888. The number of methoxy groups -OCH3 is 2. The van der Waals surface area contributed by atoms with Crippen LogP contribution in [-0.2, 0) is 4.79 Å². The van der Waals surface area contributed by atoms with Crippen LogP contribution >= 0.6 is 0 Å². The Balaban J connectivity index is 1.98. The summed E-state index contributed by atoms with van der Waals surface area (Å²) >= 11 is 0. The largest absolute Gasteiger partial charge is 0.497 e. The van der Waals surface area contributed by atoms with Crippen LogP contribution < -0.4 is 19.5 Å². The van der Waals surface area contributed by atoms with E-state index in [1.54, 1.807) is 25.3 Å². The molecule has 0 spiro atoms. The maximum absolute atomic E-state index is 12.0. The SMILES string of the molecule is COc1ccc(NC(=O)COc2ccc(C)c(C)c2)c(OC)c1. The second kappa shape index (κ2) is 7.54. The summed E-state index contributed by atoms with van der Waals surface area (Å²) in [6.45, 7) is 3.96. The summed E-state index contributed by atoms with van der Waals surface area (Å²) in [6, 6.07) is 10.9. The molecule has 2 rings (SSSR count). The van der Waals surface area contributed by atoms with E-state index in [-0.39, 0.29) is 12.5 Å². The Morgan fingerprint density at radius 3 is 2.35 bits per heavy atom. The predicted octanol–water partition coefficient (Wildman–Crippen LogP) is 3.34. The molecule has 0 unspecified atom stereocenters. The van der Waals surface area contributed by atoms with Crippen molar-refractivity contribution in [2.24, 2.45) is 0 Å². The molecule has 2 aromatic carbocycles. The highest BCUT2D eigenvalue weighted by Crippen LogP contribution is 2.29. The van der Waals surface area contributed by atoms with Crippen molar-refractivity contribution in [3.8, 4) is 17.2 Å². The Morgan fingerprint density at radius 2 is 1.70 bits per heavy atom. The fourth-order valence-corrected chi connectivity index (χ4v) is 2.04. The van der Waals surface area contributed by atoms with Gasteiger partial charge in [0.15, 0.2) is 6.61 Å². The zero-order valence-electron chi connectivity index (χ0n) is 13.8. The van der Waals surface area contributed by atoms with Gasteiger partial charge in [-0.05, 0) is 49.2 Å². The van der Waals surface area contributed by atoms with E-state index in [1.165, 1.54) is 12.7 Å². The van der Waals surface area contributed by atoms with Crippen LogP contribution in [0.5, 0.6) is 17.2 Å². The smallest absolute Gasteiger partial charge is 0.262 e. The molecule has 0 aromatic heterocycles. The first-order valence-corrected chi connectivity index (χ1v) is 7.25. The van der Waals surface area contributed by atoms with E-state index >= 15 is 0 Å². The number of carbonyl (C=O) groups excluding carboxylic acids is 1. The minimum atomic E-state index is -0.258. The number of amides is 1. The van der Waals surface area contributed by atoms with E-state index in [0.717, 1.165) is 5.56 Å². The fourth-order valence-electron chi connectivity index (χ4n) is 2.04. The second-order valence-electron chi connectivity index (χ2n) is 5.15. The van der Waals surface area contributed by atoms with Crippen LogP contribution in [0.25, 0.3) is 0 Å². The van der Waals surface area contributed by atoms with Gasteiger partial charge in [-0.25, -0.2) is 0 Å². The third-order valence-corrected chi connectivity index (χ3v) is 3.53. The molecule has 0 heterocycles. The third kappa shape index (κ3) is 4.39. The predicted molar refractivity (Wildman–Crippen MR) is 89.6 cm³/mol. The normalized spacial score (nSPS) is 10.1. The number of rotatable bonds is 6. The highest BCUT2D eigenvalue weighted by Gasteiger charge is 2.10. The van der Waals surface area contributed by atoms with Crippen LogP contribution in [-0.4, -0.2) is 26.7 Å². The van der Waals surface area contributed by atoms with Crippen molar-refractivity contribution in [3.05, 3.63) is 47.5 Å². The van der Waals surface area contributed by atoms with Crippen LogP contribution in [0.15, 0.2) is 36.4 Å². The van der Waals surface area contributed by atoms with Crippen LogP contribution in [0, 0.1) is 13.8 Å². The lowest BCUT2D eigenvalue weighted by Crippen LogP contribution is -2.20. The lowest BCUT2D eigenvalue weighted by atomic mass is 10.1. The minimum Gasteiger partial charge on any atom is -0.497 e. The molecule has 1 amide bonds. The second-order valence-corrected chi connectivity index (χ2v) is 5.15. The fraction of sp³-hybridized carbons (Fsp3) is 0.278. The summed E-state index contributed by atoms with van der Waals surface area (Å²) in [5, 5.41) is 2.76. The number of carbonyl (C=O) groups is 1. The number of ether oxygens (including phenoxy) is 3. The molecule has 122 valence electrons. The van der Waals surface area contributed by atoms with Gasteiger partial charge in [0.2, 0.25) is 0 Å². The van der Waals surface area contributed by atoms with Gasteiger partial charge in [0.1, 0.15) is 17.2 Å². The molecule has 0 aliphatic rings. The van der Waals surface area contributed by atoms with Crippen molar-refractivity contribution in [1.82, 2.24) is 0 Å². The van der Waals surface area contributed by atoms with E-state index < -0.39 is 0 Å². The van der Waals surface area contributed by atoms with Gasteiger partial charge in [0.05, 0.1) is 19.9 Å². The Hall–Kier alpha value is -2.69. The van der Waals surface area contributed by atoms with Gasteiger partial charge in [0, 0.05) is 6.07 Å². The van der Waals surface area contributed by atoms with Gasteiger partial charge in [-0.1, -0.05) is 6.07 Å². The Labute approximate surface area is 136 Å².